The largest absolute Gasteiger partial charge is 0.359 e. The van der Waals surface area contributed by atoms with Crippen LogP contribution in [0.5, 0.6) is 0 Å². The molecule has 1 rings (SSSR count). The molecule has 0 radical (unpaired) electrons. The third kappa shape index (κ3) is 5.71. The summed E-state index contributed by atoms with van der Waals surface area (Å²) in [6.07, 6.45) is 6.04. The van der Waals surface area contributed by atoms with Crippen molar-refractivity contribution in [3.63, 3.8) is 0 Å². The number of hydrogen-bond acceptors (Lipinski definition) is 3. The Hall–Kier alpha value is 0.170. The van der Waals surface area contributed by atoms with Crippen molar-refractivity contribution in [2.24, 2.45) is 4.99 Å². The van der Waals surface area contributed by atoms with E-state index in [1.54, 1.807) is 0 Å². The maximum atomic E-state index is 4.58. The lowest BCUT2D eigenvalue weighted by molar-refractivity contribution is 0.536. The summed E-state index contributed by atoms with van der Waals surface area (Å²) < 4.78 is 0. The maximum Gasteiger partial charge on any atom is 0.157 e. The number of aliphatic imine (C=N–C) groups is 1. The second-order valence-corrected chi connectivity index (χ2v) is 6.49. The van der Waals surface area contributed by atoms with Crippen molar-refractivity contribution in [1.82, 2.24) is 5.32 Å². The van der Waals surface area contributed by atoms with Gasteiger partial charge < -0.3 is 5.32 Å². The van der Waals surface area contributed by atoms with E-state index in [0.29, 0.717) is 0 Å². The lowest BCUT2D eigenvalue weighted by Gasteiger charge is -2.15. The van der Waals surface area contributed by atoms with Gasteiger partial charge in [0.1, 0.15) is 0 Å². The lowest BCUT2D eigenvalue weighted by Crippen LogP contribution is -2.36. The molecule has 2 nitrogen and oxygen atoms in total. The van der Waals surface area contributed by atoms with Gasteiger partial charge in [0.15, 0.2) is 5.17 Å². The quantitative estimate of drug-likeness (QED) is 0.729. The molecule has 0 bridgehead atoms. The molecule has 0 aromatic heterocycles. The van der Waals surface area contributed by atoms with E-state index in [-0.39, 0.29) is 5.54 Å². The monoisotopic (exact) mass is 246 g/mol. The molecule has 15 heavy (non-hydrogen) atoms. The molecule has 1 heterocycles. The highest BCUT2D eigenvalue weighted by molar-refractivity contribution is 8.14. The third-order valence-corrected chi connectivity index (χ3v) is 4.34. The Morgan fingerprint density at radius 2 is 2.20 bits per heavy atom. The maximum absolute atomic E-state index is 4.58. The second-order valence-electron chi connectivity index (χ2n) is 4.54. The van der Waals surface area contributed by atoms with Crippen LogP contribution in [-0.2, 0) is 0 Å². The zero-order chi connectivity index (χ0) is 11.1. The molecule has 0 saturated carbocycles. The van der Waals surface area contributed by atoms with E-state index in [4.69, 9.17) is 0 Å². The average molecular weight is 246 g/mol. The van der Waals surface area contributed by atoms with Gasteiger partial charge in [-0.2, -0.15) is 11.8 Å². The van der Waals surface area contributed by atoms with Crippen molar-refractivity contribution in [3.8, 4) is 0 Å². The Balaban J connectivity index is 2.06. The zero-order valence-electron chi connectivity index (χ0n) is 10.0. The Morgan fingerprint density at radius 1 is 1.40 bits per heavy atom. The molecule has 1 aliphatic heterocycles. The summed E-state index contributed by atoms with van der Waals surface area (Å²) in [4.78, 5) is 4.58. The summed E-state index contributed by atoms with van der Waals surface area (Å²) in [5.41, 5.74) is 0.238. The standard InChI is InChI=1S/C11H22N2S2/c1-11(2)9-15-10(13-11)12-7-5-4-6-8-14-3/h4-9H2,1-3H3,(H,12,13). The van der Waals surface area contributed by atoms with Gasteiger partial charge in [0.25, 0.3) is 0 Å². The first-order valence-electron chi connectivity index (χ1n) is 5.58. The van der Waals surface area contributed by atoms with Gasteiger partial charge in [0.05, 0.1) is 0 Å². The molecule has 1 fully saturated rings. The normalized spacial score (nSPS) is 21.9. The molecule has 0 aliphatic carbocycles. The number of rotatable bonds is 6. The van der Waals surface area contributed by atoms with E-state index in [1.165, 1.54) is 25.0 Å². The molecule has 1 N–H and O–H groups in total. The molecule has 0 atom stereocenters. The predicted molar refractivity (Wildman–Crippen MR) is 74.2 cm³/mol. The van der Waals surface area contributed by atoms with Crippen LogP contribution in [0.25, 0.3) is 0 Å². The number of unbranched alkanes of at least 4 members (excludes halogenated alkanes) is 2. The van der Waals surface area contributed by atoms with Crippen molar-refractivity contribution in [3.05, 3.63) is 0 Å². The van der Waals surface area contributed by atoms with Gasteiger partial charge in [-0.05, 0) is 38.7 Å². The Kier molecular flexibility index (Phi) is 5.90. The van der Waals surface area contributed by atoms with Crippen molar-refractivity contribution in [2.75, 3.05) is 24.3 Å². The van der Waals surface area contributed by atoms with Crippen LogP contribution < -0.4 is 5.32 Å². The van der Waals surface area contributed by atoms with Crippen molar-refractivity contribution >= 4 is 28.7 Å². The highest BCUT2D eigenvalue weighted by Crippen LogP contribution is 2.22. The first-order valence-corrected chi connectivity index (χ1v) is 7.96. The van der Waals surface area contributed by atoms with Crippen LogP contribution in [0.3, 0.4) is 0 Å². The molecule has 0 amide bonds. The molecule has 0 aromatic carbocycles. The van der Waals surface area contributed by atoms with Gasteiger partial charge >= 0.3 is 0 Å². The summed E-state index contributed by atoms with van der Waals surface area (Å²) in [6.45, 7) is 5.43. The Morgan fingerprint density at radius 3 is 2.80 bits per heavy atom. The van der Waals surface area contributed by atoms with Crippen LogP contribution in [0.15, 0.2) is 4.99 Å². The van der Waals surface area contributed by atoms with Crippen LogP contribution in [0.4, 0.5) is 0 Å². The van der Waals surface area contributed by atoms with Gasteiger partial charge in [-0.3, -0.25) is 4.99 Å². The van der Waals surface area contributed by atoms with E-state index >= 15 is 0 Å². The third-order valence-electron chi connectivity index (χ3n) is 2.28. The molecule has 0 aromatic rings. The predicted octanol–water partition coefficient (Wildman–Crippen LogP) is 2.99. The zero-order valence-corrected chi connectivity index (χ0v) is 11.6. The fourth-order valence-corrected chi connectivity index (χ4v) is 3.00. The molecular formula is C11H22N2S2. The van der Waals surface area contributed by atoms with E-state index in [9.17, 15) is 0 Å². The van der Waals surface area contributed by atoms with Gasteiger partial charge in [-0.1, -0.05) is 18.2 Å². The number of thioether (sulfide) groups is 2. The van der Waals surface area contributed by atoms with Gasteiger partial charge in [-0.25, -0.2) is 0 Å². The highest BCUT2D eigenvalue weighted by atomic mass is 32.2. The lowest BCUT2D eigenvalue weighted by atomic mass is 10.1. The minimum absolute atomic E-state index is 0.238. The van der Waals surface area contributed by atoms with Crippen LogP contribution in [0.2, 0.25) is 0 Å². The first-order chi connectivity index (χ1) is 7.14. The number of nitrogens with zero attached hydrogens (tertiary/aromatic N) is 1. The van der Waals surface area contributed by atoms with Crippen LogP contribution in [0, 0.1) is 0 Å². The topological polar surface area (TPSA) is 24.4 Å². The number of hydrogen-bond donors (Lipinski definition) is 1. The van der Waals surface area contributed by atoms with E-state index in [1.807, 2.05) is 23.5 Å². The SMILES string of the molecule is CSCCCCCN=C1NC(C)(C)CS1. The van der Waals surface area contributed by atoms with Crippen molar-refractivity contribution < 1.29 is 0 Å². The molecule has 0 spiro atoms. The molecule has 1 aliphatic rings. The second kappa shape index (κ2) is 6.69. The van der Waals surface area contributed by atoms with Gasteiger partial charge in [-0.15, -0.1) is 0 Å². The number of amidine groups is 1. The summed E-state index contributed by atoms with van der Waals surface area (Å²) in [7, 11) is 0. The van der Waals surface area contributed by atoms with Crippen LogP contribution >= 0.6 is 23.5 Å². The summed E-state index contributed by atoms with van der Waals surface area (Å²) in [6, 6.07) is 0. The average Bonchev–Trinajstić information content (AvgIpc) is 2.52. The van der Waals surface area contributed by atoms with Crippen molar-refractivity contribution in [1.29, 1.82) is 0 Å². The molecule has 88 valence electrons. The van der Waals surface area contributed by atoms with Crippen LogP contribution in [-0.4, -0.2) is 35.0 Å². The Bertz CT molecular complexity index is 215. The van der Waals surface area contributed by atoms with Crippen molar-refractivity contribution in [2.45, 2.75) is 38.6 Å². The molecule has 0 unspecified atom stereocenters. The fraction of sp³-hybridized carbons (Fsp3) is 0.909. The van der Waals surface area contributed by atoms with Gasteiger partial charge in [0, 0.05) is 17.8 Å². The van der Waals surface area contributed by atoms with Gasteiger partial charge in [0.2, 0.25) is 0 Å². The number of nitrogens with one attached hydrogen (secondary N) is 1. The molecule has 4 heteroatoms. The van der Waals surface area contributed by atoms with Crippen LogP contribution in [0.1, 0.15) is 33.1 Å². The highest BCUT2D eigenvalue weighted by Gasteiger charge is 2.26. The summed E-state index contributed by atoms with van der Waals surface area (Å²) in [5, 5.41) is 4.58. The summed E-state index contributed by atoms with van der Waals surface area (Å²) >= 11 is 3.78. The fourth-order valence-electron chi connectivity index (χ4n) is 1.41. The minimum atomic E-state index is 0.238. The first kappa shape index (κ1) is 13.2. The van der Waals surface area contributed by atoms with E-state index in [2.05, 4.69) is 30.4 Å². The minimum Gasteiger partial charge on any atom is -0.359 e. The van der Waals surface area contributed by atoms with E-state index < -0.39 is 0 Å². The molecule has 1 saturated heterocycles. The molecular weight excluding hydrogens is 224 g/mol. The van der Waals surface area contributed by atoms with E-state index in [0.717, 1.165) is 17.5 Å². The summed E-state index contributed by atoms with van der Waals surface area (Å²) in [5.74, 6) is 2.43. The Labute approximate surface area is 102 Å². The smallest absolute Gasteiger partial charge is 0.157 e.